The van der Waals surface area contributed by atoms with Gasteiger partial charge in [0.05, 0.1) is 11.6 Å². The lowest BCUT2D eigenvalue weighted by Crippen LogP contribution is -2.34. The second-order valence-electron chi connectivity index (χ2n) is 8.61. The maximum absolute atomic E-state index is 13.3. The molecule has 1 saturated carbocycles. The molecule has 1 atom stereocenters. The molecule has 2 fully saturated rings. The van der Waals surface area contributed by atoms with Gasteiger partial charge in [-0.3, -0.25) is 9.69 Å². The minimum Gasteiger partial charge on any atom is -0.321 e. The number of hydrogen-bond donors (Lipinski definition) is 1. The zero-order valence-corrected chi connectivity index (χ0v) is 17.2. The number of aromatic amines is 1. The minimum absolute atomic E-state index is 0.0379. The first kappa shape index (κ1) is 18.5. The summed E-state index contributed by atoms with van der Waals surface area (Å²) in [7, 11) is 0. The number of nitrogens with zero attached hydrogens (tertiary/aromatic N) is 5. The maximum atomic E-state index is 13.3. The van der Waals surface area contributed by atoms with Crippen LogP contribution in [0.4, 0.5) is 0 Å². The molecule has 1 unspecified atom stereocenters. The normalized spacial score (nSPS) is 19.4. The van der Waals surface area contributed by atoms with Crippen molar-refractivity contribution >= 4 is 10.9 Å². The average molecular weight is 393 g/mol. The van der Waals surface area contributed by atoms with Crippen LogP contribution in [-0.2, 0) is 0 Å². The smallest absolute Gasteiger partial charge is 0.253 e. The van der Waals surface area contributed by atoms with E-state index in [4.69, 9.17) is 0 Å². The van der Waals surface area contributed by atoms with Gasteiger partial charge in [-0.05, 0) is 80.2 Å². The Morgan fingerprint density at radius 3 is 2.55 bits per heavy atom. The fourth-order valence-corrected chi connectivity index (χ4v) is 5.08. The molecule has 7 nitrogen and oxygen atoms in total. The molecule has 3 aromatic rings. The standard InChI is InChI=1S/C22H28N6O/c1-14-9-10-15(2)19-17(14)13-18(22(29)23-19)20(27-11-5-6-12-27)21-24-25-26-28(21)16-7-3-4-8-16/h9-10,13,16,20H,3-8,11-12H2,1-2H3,(H,23,29). The van der Waals surface area contributed by atoms with Gasteiger partial charge in [-0.1, -0.05) is 25.0 Å². The summed E-state index contributed by atoms with van der Waals surface area (Å²) in [6, 6.07) is 6.39. The fourth-order valence-electron chi connectivity index (χ4n) is 5.08. The van der Waals surface area contributed by atoms with E-state index in [0.717, 1.165) is 66.6 Å². The van der Waals surface area contributed by atoms with Gasteiger partial charge in [0, 0.05) is 10.9 Å². The highest BCUT2D eigenvalue weighted by Gasteiger charge is 2.34. The van der Waals surface area contributed by atoms with Crippen LogP contribution >= 0.6 is 0 Å². The van der Waals surface area contributed by atoms with Gasteiger partial charge in [0.15, 0.2) is 5.82 Å². The number of aryl methyl sites for hydroxylation is 2. The van der Waals surface area contributed by atoms with E-state index in [9.17, 15) is 4.79 Å². The Kier molecular flexibility index (Phi) is 4.70. The molecule has 0 spiro atoms. The topological polar surface area (TPSA) is 79.7 Å². The predicted molar refractivity (Wildman–Crippen MR) is 112 cm³/mol. The van der Waals surface area contributed by atoms with Crippen molar-refractivity contribution in [1.82, 2.24) is 30.1 Å². The van der Waals surface area contributed by atoms with Crippen molar-refractivity contribution in [2.24, 2.45) is 0 Å². The van der Waals surface area contributed by atoms with Crippen molar-refractivity contribution in [2.75, 3.05) is 13.1 Å². The minimum atomic E-state index is -0.207. The number of pyridine rings is 1. The Morgan fingerprint density at radius 2 is 1.79 bits per heavy atom. The Morgan fingerprint density at radius 1 is 1.07 bits per heavy atom. The first-order valence-electron chi connectivity index (χ1n) is 10.8. The predicted octanol–water partition coefficient (Wildman–Crippen LogP) is 3.43. The van der Waals surface area contributed by atoms with Gasteiger partial charge in [0.1, 0.15) is 6.04 Å². The van der Waals surface area contributed by atoms with E-state index in [0.29, 0.717) is 6.04 Å². The van der Waals surface area contributed by atoms with E-state index in [1.807, 2.05) is 11.6 Å². The van der Waals surface area contributed by atoms with E-state index >= 15 is 0 Å². The van der Waals surface area contributed by atoms with Crippen molar-refractivity contribution in [3.8, 4) is 0 Å². The third kappa shape index (κ3) is 3.17. The van der Waals surface area contributed by atoms with Gasteiger partial charge in [-0.25, -0.2) is 4.68 Å². The molecule has 1 aliphatic carbocycles. The molecule has 0 radical (unpaired) electrons. The van der Waals surface area contributed by atoms with Crippen molar-refractivity contribution in [3.05, 3.63) is 51.1 Å². The Labute approximate surface area is 170 Å². The third-order valence-electron chi connectivity index (χ3n) is 6.71. The molecule has 1 N–H and O–H groups in total. The maximum Gasteiger partial charge on any atom is 0.253 e. The van der Waals surface area contributed by atoms with Gasteiger partial charge in [-0.2, -0.15) is 0 Å². The van der Waals surface area contributed by atoms with Crippen molar-refractivity contribution in [3.63, 3.8) is 0 Å². The fraction of sp³-hybridized carbons (Fsp3) is 0.545. The first-order chi connectivity index (χ1) is 14.1. The summed E-state index contributed by atoms with van der Waals surface area (Å²) >= 11 is 0. The van der Waals surface area contributed by atoms with Gasteiger partial charge in [0.25, 0.3) is 5.56 Å². The lowest BCUT2D eigenvalue weighted by Gasteiger charge is -2.27. The second-order valence-corrected chi connectivity index (χ2v) is 8.61. The average Bonchev–Trinajstić information content (AvgIpc) is 3.47. The van der Waals surface area contributed by atoms with Crippen LogP contribution in [0.1, 0.15) is 73.1 Å². The van der Waals surface area contributed by atoms with Crippen LogP contribution in [0.2, 0.25) is 0 Å². The first-order valence-corrected chi connectivity index (χ1v) is 10.8. The molecule has 1 aliphatic heterocycles. The molecule has 3 heterocycles. The van der Waals surface area contributed by atoms with E-state index in [2.05, 4.69) is 50.5 Å². The number of rotatable bonds is 4. The third-order valence-corrected chi connectivity index (χ3v) is 6.71. The van der Waals surface area contributed by atoms with Crippen LogP contribution in [0.3, 0.4) is 0 Å². The molecule has 152 valence electrons. The monoisotopic (exact) mass is 392 g/mol. The number of hydrogen-bond acceptors (Lipinski definition) is 5. The highest BCUT2D eigenvalue weighted by atomic mass is 16.1. The molecule has 7 heteroatoms. The Balaban J connectivity index is 1.69. The van der Waals surface area contributed by atoms with E-state index in [1.165, 1.54) is 18.4 Å². The largest absolute Gasteiger partial charge is 0.321 e. The van der Waals surface area contributed by atoms with E-state index in [-0.39, 0.29) is 11.6 Å². The summed E-state index contributed by atoms with van der Waals surface area (Å²) in [6.07, 6.45) is 6.94. The highest BCUT2D eigenvalue weighted by Crippen LogP contribution is 2.35. The lowest BCUT2D eigenvalue weighted by molar-refractivity contribution is 0.256. The summed E-state index contributed by atoms with van der Waals surface area (Å²) in [6.45, 7) is 6.06. The lowest BCUT2D eigenvalue weighted by atomic mass is 9.99. The van der Waals surface area contributed by atoms with Crippen LogP contribution in [0.5, 0.6) is 0 Å². The molecule has 0 bridgehead atoms. The van der Waals surface area contributed by atoms with Crippen molar-refractivity contribution in [2.45, 2.75) is 64.5 Å². The molecule has 1 aromatic carbocycles. The number of aromatic nitrogens is 5. The van der Waals surface area contributed by atoms with Crippen LogP contribution < -0.4 is 5.56 Å². The molecule has 1 saturated heterocycles. The zero-order chi connectivity index (χ0) is 20.0. The van der Waals surface area contributed by atoms with Crippen LogP contribution in [0.25, 0.3) is 10.9 Å². The molecule has 29 heavy (non-hydrogen) atoms. The summed E-state index contributed by atoms with van der Waals surface area (Å²) in [4.78, 5) is 18.8. The molecular weight excluding hydrogens is 364 g/mol. The summed E-state index contributed by atoms with van der Waals surface area (Å²) in [5.74, 6) is 0.814. The molecular formula is C22H28N6O. The van der Waals surface area contributed by atoms with Gasteiger partial charge < -0.3 is 4.98 Å². The summed E-state index contributed by atoms with van der Waals surface area (Å²) < 4.78 is 2.00. The summed E-state index contributed by atoms with van der Waals surface area (Å²) in [5.41, 5.74) is 3.89. The molecule has 2 aliphatic rings. The number of benzene rings is 1. The van der Waals surface area contributed by atoms with Gasteiger partial charge >= 0.3 is 0 Å². The van der Waals surface area contributed by atoms with Gasteiger partial charge in [0.2, 0.25) is 0 Å². The highest BCUT2D eigenvalue weighted by molar-refractivity contribution is 5.85. The zero-order valence-electron chi connectivity index (χ0n) is 17.2. The quantitative estimate of drug-likeness (QED) is 0.736. The number of tetrazole rings is 1. The van der Waals surface area contributed by atoms with Crippen LogP contribution in [0.15, 0.2) is 23.0 Å². The Hall–Kier alpha value is -2.54. The van der Waals surface area contributed by atoms with Crippen molar-refractivity contribution < 1.29 is 0 Å². The SMILES string of the molecule is Cc1ccc(C)c2[nH]c(=O)c(C(c3nnnn3C3CCCC3)N3CCCC3)cc12. The summed E-state index contributed by atoms with van der Waals surface area (Å²) in [5, 5.41) is 13.9. The molecule has 2 aromatic heterocycles. The van der Waals surface area contributed by atoms with E-state index in [1.54, 1.807) is 0 Å². The van der Waals surface area contributed by atoms with Crippen LogP contribution in [-0.4, -0.2) is 43.2 Å². The number of likely N-dealkylation sites (tertiary alicyclic amines) is 1. The number of nitrogens with one attached hydrogen (secondary N) is 1. The van der Waals surface area contributed by atoms with E-state index < -0.39 is 0 Å². The second kappa shape index (κ2) is 7.37. The molecule has 0 amide bonds. The van der Waals surface area contributed by atoms with Crippen molar-refractivity contribution in [1.29, 1.82) is 0 Å². The van der Waals surface area contributed by atoms with Gasteiger partial charge in [-0.15, -0.1) is 5.10 Å². The Bertz CT molecular complexity index is 1090. The molecule has 5 rings (SSSR count). The number of H-pyrrole nitrogens is 1. The van der Waals surface area contributed by atoms with Crippen LogP contribution in [0, 0.1) is 13.8 Å². The number of fused-ring (bicyclic) bond motifs is 1.